The molecule has 2 aromatic heterocycles. The Labute approximate surface area is 180 Å². The average molecular weight is 445 g/mol. The van der Waals surface area contributed by atoms with Crippen molar-refractivity contribution in [2.75, 3.05) is 12.4 Å². The third-order valence-corrected chi connectivity index (χ3v) is 5.87. The van der Waals surface area contributed by atoms with Crippen LogP contribution in [0.4, 0.5) is 16.0 Å². The predicted molar refractivity (Wildman–Crippen MR) is 118 cm³/mol. The van der Waals surface area contributed by atoms with E-state index in [1.54, 1.807) is 17.4 Å². The zero-order chi connectivity index (χ0) is 21.4. The number of aromatic nitrogens is 3. The van der Waals surface area contributed by atoms with E-state index in [2.05, 4.69) is 15.3 Å². The molecule has 0 saturated heterocycles. The number of fused-ring (bicyclic) bond motifs is 1. The van der Waals surface area contributed by atoms with E-state index in [9.17, 15) is 9.18 Å². The largest absolute Gasteiger partial charge is 0.490 e. The third kappa shape index (κ3) is 3.88. The van der Waals surface area contributed by atoms with Crippen LogP contribution in [0.2, 0.25) is 5.02 Å². The highest BCUT2D eigenvalue weighted by Gasteiger charge is 2.14. The molecule has 0 bridgehead atoms. The van der Waals surface area contributed by atoms with Gasteiger partial charge in [0, 0.05) is 5.69 Å². The maximum absolute atomic E-state index is 13.5. The van der Waals surface area contributed by atoms with E-state index >= 15 is 0 Å². The molecule has 9 heteroatoms. The standard InChI is InChI=1S/C21H18ClFN4O2S/c1-11-6-17-19(30-12(2)25-17)8-16(11)26-21-24-9-18(29-3)20(28)27(21)10-13-4-5-15(23)14(22)7-13/h4-9H,10H2,1-3H3,(H,24,26). The molecular weight excluding hydrogens is 427 g/mol. The molecule has 4 aromatic rings. The van der Waals surface area contributed by atoms with E-state index in [0.29, 0.717) is 11.5 Å². The molecule has 0 spiro atoms. The van der Waals surface area contributed by atoms with Crippen molar-refractivity contribution in [1.29, 1.82) is 0 Å². The van der Waals surface area contributed by atoms with E-state index in [0.717, 1.165) is 26.5 Å². The monoisotopic (exact) mass is 444 g/mol. The lowest BCUT2D eigenvalue weighted by Crippen LogP contribution is -2.25. The fraction of sp³-hybridized carbons (Fsp3) is 0.190. The van der Waals surface area contributed by atoms with Gasteiger partial charge in [0.25, 0.3) is 5.56 Å². The number of aryl methyl sites for hydroxylation is 2. The molecule has 6 nitrogen and oxygen atoms in total. The van der Waals surface area contributed by atoms with Crippen molar-refractivity contribution < 1.29 is 9.13 Å². The number of nitrogens with zero attached hydrogens (tertiary/aromatic N) is 3. The topological polar surface area (TPSA) is 69.0 Å². The molecule has 2 aromatic carbocycles. The predicted octanol–water partition coefficient (Wildman–Crippen LogP) is 5.06. The van der Waals surface area contributed by atoms with Crippen LogP contribution in [0.1, 0.15) is 16.1 Å². The Morgan fingerprint density at radius 1 is 1.27 bits per heavy atom. The number of hydrogen-bond donors (Lipinski definition) is 1. The number of hydrogen-bond acceptors (Lipinski definition) is 6. The van der Waals surface area contributed by atoms with Gasteiger partial charge in [-0.15, -0.1) is 11.3 Å². The summed E-state index contributed by atoms with van der Waals surface area (Å²) in [6, 6.07) is 8.32. The van der Waals surface area contributed by atoms with Crippen LogP contribution in [-0.4, -0.2) is 21.6 Å². The molecule has 0 radical (unpaired) electrons. The Morgan fingerprint density at radius 2 is 2.07 bits per heavy atom. The number of ether oxygens (including phenoxy) is 1. The summed E-state index contributed by atoms with van der Waals surface area (Å²) >= 11 is 7.50. The number of rotatable bonds is 5. The second-order valence-corrected chi connectivity index (χ2v) is 8.42. The molecule has 0 saturated carbocycles. The van der Waals surface area contributed by atoms with Gasteiger partial charge < -0.3 is 10.1 Å². The number of nitrogens with one attached hydrogen (secondary N) is 1. The second kappa shape index (κ2) is 8.04. The molecule has 154 valence electrons. The number of methoxy groups -OCH3 is 1. The van der Waals surface area contributed by atoms with Gasteiger partial charge >= 0.3 is 0 Å². The van der Waals surface area contributed by atoms with Gasteiger partial charge in [0.2, 0.25) is 11.7 Å². The zero-order valence-electron chi connectivity index (χ0n) is 16.5. The SMILES string of the molecule is COc1cnc(Nc2cc3sc(C)nc3cc2C)n(Cc2ccc(F)c(Cl)c2)c1=O. The highest BCUT2D eigenvalue weighted by Crippen LogP contribution is 2.29. The lowest BCUT2D eigenvalue weighted by atomic mass is 10.2. The van der Waals surface area contributed by atoms with Gasteiger partial charge in [-0.1, -0.05) is 17.7 Å². The van der Waals surface area contributed by atoms with Gasteiger partial charge in [-0.25, -0.2) is 14.4 Å². The molecule has 0 aliphatic carbocycles. The summed E-state index contributed by atoms with van der Waals surface area (Å²) in [6.45, 7) is 4.07. The molecule has 1 N–H and O–H groups in total. The molecule has 0 amide bonds. The fourth-order valence-corrected chi connectivity index (χ4v) is 4.18. The van der Waals surface area contributed by atoms with Gasteiger partial charge in [-0.3, -0.25) is 9.36 Å². The van der Waals surface area contributed by atoms with E-state index in [1.165, 1.54) is 30.0 Å². The number of thiazole rings is 1. The summed E-state index contributed by atoms with van der Waals surface area (Å²) < 4.78 is 21.1. The van der Waals surface area contributed by atoms with Crippen molar-refractivity contribution in [3.05, 3.63) is 73.9 Å². The summed E-state index contributed by atoms with van der Waals surface area (Å²) in [5, 5.41) is 4.22. The molecule has 2 heterocycles. The first-order chi connectivity index (χ1) is 14.4. The average Bonchev–Trinajstić information content (AvgIpc) is 3.06. The molecule has 4 rings (SSSR count). The molecule has 0 aliphatic rings. The number of anilines is 2. The normalized spacial score (nSPS) is 11.1. The second-order valence-electron chi connectivity index (χ2n) is 6.78. The summed E-state index contributed by atoms with van der Waals surface area (Å²) in [5.74, 6) is -0.0670. The van der Waals surface area contributed by atoms with Gasteiger partial charge in [0.15, 0.2) is 0 Å². The van der Waals surface area contributed by atoms with Crippen LogP contribution >= 0.6 is 22.9 Å². The highest BCUT2D eigenvalue weighted by molar-refractivity contribution is 7.18. The Bertz CT molecular complexity index is 1320. The fourth-order valence-electron chi connectivity index (χ4n) is 3.13. The minimum atomic E-state index is -0.515. The Hall–Kier alpha value is -2.97. The van der Waals surface area contributed by atoms with E-state index < -0.39 is 5.82 Å². The zero-order valence-corrected chi connectivity index (χ0v) is 18.1. The number of benzene rings is 2. The van der Waals surface area contributed by atoms with Crippen molar-refractivity contribution in [1.82, 2.24) is 14.5 Å². The smallest absolute Gasteiger partial charge is 0.297 e. The molecule has 0 atom stereocenters. The van der Waals surface area contributed by atoms with Gasteiger partial charge in [0.1, 0.15) is 5.82 Å². The van der Waals surface area contributed by atoms with E-state index in [4.69, 9.17) is 16.3 Å². The van der Waals surface area contributed by atoms with Crippen molar-refractivity contribution in [2.45, 2.75) is 20.4 Å². The first-order valence-corrected chi connectivity index (χ1v) is 10.3. The Balaban J connectivity index is 1.78. The summed E-state index contributed by atoms with van der Waals surface area (Å²) in [5.41, 5.74) is 3.01. The van der Waals surface area contributed by atoms with Crippen LogP contribution in [0.5, 0.6) is 5.75 Å². The molecular formula is C21H18ClFN4O2S. The molecule has 0 fully saturated rings. The van der Waals surface area contributed by atoms with Crippen LogP contribution in [0.25, 0.3) is 10.2 Å². The van der Waals surface area contributed by atoms with Crippen molar-refractivity contribution in [3.8, 4) is 5.75 Å². The van der Waals surface area contributed by atoms with Crippen molar-refractivity contribution in [2.24, 2.45) is 0 Å². The Kier molecular flexibility index (Phi) is 5.44. The van der Waals surface area contributed by atoms with Gasteiger partial charge in [0.05, 0.1) is 40.1 Å². The van der Waals surface area contributed by atoms with E-state index in [-0.39, 0.29) is 22.9 Å². The molecule has 30 heavy (non-hydrogen) atoms. The first-order valence-electron chi connectivity index (χ1n) is 9.08. The first kappa shape index (κ1) is 20.3. The summed E-state index contributed by atoms with van der Waals surface area (Å²) in [7, 11) is 1.41. The van der Waals surface area contributed by atoms with Crippen LogP contribution in [0, 0.1) is 19.7 Å². The lowest BCUT2D eigenvalue weighted by Gasteiger charge is -2.16. The highest BCUT2D eigenvalue weighted by atomic mass is 35.5. The molecule has 0 unspecified atom stereocenters. The minimum Gasteiger partial charge on any atom is -0.490 e. The van der Waals surface area contributed by atoms with Gasteiger partial charge in [-0.2, -0.15) is 0 Å². The Morgan fingerprint density at radius 3 is 2.80 bits per heavy atom. The quantitative estimate of drug-likeness (QED) is 0.465. The number of halogens is 2. The maximum Gasteiger partial charge on any atom is 0.297 e. The van der Waals surface area contributed by atoms with Crippen LogP contribution in [0.3, 0.4) is 0 Å². The third-order valence-electron chi connectivity index (χ3n) is 4.65. The van der Waals surface area contributed by atoms with Crippen molar-refractivity contribution >= 4 is 44.8 Å². The van der Waals surface area contributed by atoms with Gasteiger partial charge in [-0.05, 0) is 49.2 Å². The molecule has 0 aliphatic heterocycles. The van der Waals surface area contributed by atoms with E-state index in [1.807, 2.05) is 26.0 Å². The van der Waals surface area contributed by atoms with Crippen LogP contribution in [-0.2, 0) is 6.54 Å². The van der Waals surface area contributed by atoms with Crippen molar-refractivity contribution in [3.63, 3.8) is 0 Å². The van der Waals surface area contributed by atoms with Crippen LogP contribution in [0.15, 0.2) is 41.3 Å². The summed E-state index contributed by atoms with van der Waals surface area (Å²) in [4.78, 5) is 21.8. The minimum absolute atomic E-state index is 0.00669. The lowest BCUT2D eigenvalue weighted by molar-refractivity contribution is 0.401. The summed E-state index contributed by atoms with van der Waals surface area (Å²) in [6.07, 6.45) is 1.38. The maximum atomic E-state index is 13.5. The van der Waals surface area contributed by atoms with Crippen LogP contribution < -0.4 is 15.6 Å².